The fourth-order valence-corrected chi connectivity index (χ4v) is 3.66. The van der Waals surface area contributed by atoms with Gasteiger partial charge in [0.05, 0.1) is 19.8 Å². The average Bonchev–Trinajstić information content (AvgIpc) is 2.74. The molecular weight excluding hydrogens is 373 g/mol. The van der Waals surface area contributed by atoms with Crippen LogP contribution in [0.2, 0.25) is 0 Å². The van der Waals surface area contributed by atoms with E-state index < -0.39 is 5.82 Å². The number of hydrogen-bond acceptors (Lipinski definition) is 5. The van der Waals surface area contributed by atoms with Crippen molar-refractivity contribution in [1.29, 1.82) is 0 Å². The van der Waals surface area contributed by atoms with Crippen molar-refractivity contribution in [2.45, 2.75) is 12.8 Å². The Morgan fingerprint density at radius 1 is 1.21 bits per heavy atom. The lowest BCUT2D eigenvalue weighted by atomic mass is 9.89. The maximum Gasteiger partial charge on any atom is 0.171 e. The monoisotopic (exact) mass is 399 g/mol. The van der Waals surface area contributed by atoms with Crippen LogP contribution in [0.3, 0.4) is 0 Å². The minimum absolute atomic E-state index is 0.0710. The van der Waals surface area contributed by atoms with Crippen LogP contribution in [0.5, 0.6) is 17.2 Å². The molecule has 0 aromatic heterocycles. The summed E-state index contributed by atoms with van der Waals surface area (Å²) in [5.41, 5.74) is 1.24. The number of rotatable bonds is 7. The summed E-state index contributed by atoms with van der Waals surface area (Å²) in [5.74, 6) is 0.262. The van der Waals surface area contributed by atoms with Gasteiger partial charge in [0, 0.05) is 19.0 Å². The van der Waals surface area contributed by atoms with Gasteiger partial charge in [0.25, 0.3) is 0 Å². The molecule has 29 heavy (non-hydrogen) atoms. The molecule has 0 amide bonds. The molecule has 154 valence electrons. The van der Waals surface area contributed by atoms with E-state index in [1.807, 2.05) is 18.2 Å². The first-order valence-corrected chi connectivity index (χ1v) is 9.65. The smallest absolute Gasteiger partial charge is 0.171 e. The molecule has 1 fully saturated rings. The van der Waals surface area contributed by atoms with Crippen LogP contribution in [0.25, 0.3) is 6.08 Å². The number of carbonyl (C=O) groups is 1. The zero-order valence-corrected chi connectivity index (χ0v) is 16.7. The summed E-state index contributed by atoms with van der Waals surface area (Å²) >= 11 is 0. The van der Waals surface area contributed by atoms with Gasteiger partial charge in [-0.2, -0.15) is 0 Å². The molecule has 1 heterocycles. The fourth-order valence-electron chi connectivity index (χ4n) is 3.66. The summed E-state index contributed by atoms with van der Waals surface area (Å²) < 4.78 is 24.0. The highest BCUT2D eigenvalue weighted by atomic mass is 19.1. The predicted octanol–water partition coefficient (Wildman–Crippen LogP) is 4.16. The third-order valence-electron chi connectivity index (χ3n) is 5.18. The van der Waals surface area contributed by atoms with Crippen LogP contribution in [0.4, 0.5) is 4.39 Å². The van der Waals surface area contributed by atoms with Gasteiger partial charge in [0.1, 0.15) is 11.6 Å². The standard InChI is InChI=1S/C23H26FNO4/c1-28-21-10-8-18(24)14-19(21)23(27)17-6-4-12-25(15-17)11-3-5-16-7-9-20(26)22(13-16)29-2/h3,5,7-10,13-14,17,26H,4,6,11-12,15H2,1-2H3/b5-3+. The van der Waals surface area contributed by atoms with Crippen LogP contribution in [-0.4, -0.2) is 49.6 Å². The van der Waals surface area contributed by atoms with Crippen molar-refractivity contribution in [3.8, 4) is 17.2 Å². The first kappa shape index (κ1) is 20.9. The summed E-state index contributed by atoms with van der Waals surface area (Å²) in [7, 11) is 3.00. The Morgan fingerprint density at radius 3 is 2.76 bits per heavy atom. The van der Waals surface area contributed by atoms with Crippen LogP contribution in [-0.2, 0) is 0 Å². The molecule has 3 rings (SSSR count). The number of halogens is 1. The van der Waals surface area contributed by atoms with Crippen molar-refractivity contribution >= 4 is 11.9 Å². The second kappa shape index (κ2) is 9.56. The van der Waals surface area contributed by atoms with Crippen LogP contribution in [0, 0.1) is 11.7 Å². The van der Waals surface area contributed by atoms with Gasteiger partial charge in [-0.15, -0.1) is 0 Å². The number of aromatic hydroxyl groups is 1. The van der Waals surface area contributed by atoms with Crippen molar-refractivity contribution in [2.24, 2.45) is 5.92 Å². The molecule has 0 spiro atoms. The van der Waals surface area contributed by atoms with E-state index >= 15 is 0 Å². The van der Waals surface area contributed by atoms with Gasteiger partial charge in [0.2, 0.25) is 0 Å². The molecule has 0 saturated carbocycles. The molecule has 0 aliphatic carbocycles. The van der Waals surface area contributed by atoms with Crippen LogP contribution >= 0.6 is 0 Å². The van der Waals surface area contributed by atoms with Crippen LogP contribution in [0.15, 0.2) is 42.5 Å². The first-order chi connectivity index (χ1) is 14.0. The number of benzene rings is 2. The van der Waals surface area contributed by atoms with E-state index in [-0.39, 0.29) is 17.5 Å². The van der Waals surface area contributed by atoms with Gasteiger partial charge in [-0.1, -0.05) is 18.2 Å². The predicted molar refractivity (Wildman–Crippen MR) is 110 cm³/mol. The number of phenols is 1. The number of carbonyl (C=O) groups excluding carboxylic acids is 1. The molecule has 1 saturated heterocycles. The average molecular weight is 399 g/mol. The molecule has 1 atom stereocenters. The highest BCUT2D eigenvalue weighted by Crippen LogP contribution is 2.28. The lowest BCUT2D eigenvalue weighted by molar-refractivity contribution is 0.0828. The third-order valence-corrected chi connectivity index (χ3v) is 5.18. The van der Waals surface area contributed by atoms with Gasteiger partial charge in [-0.05, 0) is 55.3 Å². The molecule has 2 aromatic carbocycles. The number of ether oxygens (including phenoxy) is 2. The van der Waals surface area contributed by atoms with E-state index in [1.54, 1.807) is 12.1 Å². The fraction of sp³-hybridized carbons (Fsp3) is 0.348. The number of likely N-dealkylation sites (tertiary alicyclic amines) is 1. The van der Waals surface area contributed by atoms with Crippen molar-refractivity contribution < 1.29 is 23.8 Å². The Morgan fingerprint density at radius 2 is 2.00 bits per heavy atom. The second-order valence-corrected chi connectivity index (χ2v) is 7.14. The number of Topliss-reactive ketones (excluding diaryl/α,β-unsaturated/α-hetero) is 1. The Labute approximate surface area is 170 Å². The molecular formula is C23H26FNO4. The summed E-state index contributed by atoms with van der Waals surface area (Å²) in [5, 5.41) is 9.67. The van der Waals surface area contributed by atoms with Gasteiger partial charge in [-0.3, -0.25) is 9.69 Å². The zero-order chi connectivity index (χ0) is 20.8. The highest BCUT2D eigenvalue weighted by Gasteiger charge is 2.28. The van der Waals surface area contributed by atoms with Crippen LogP contribution < -0.4 is 9.47 Å². The Hall–Kier alpha value is -2.86. The Bertz CT molecular complexity index is 896. The van der Waals surface area contributed by atoms with Gasteiger partial charge in [-0.25, -0.2) is 4.39 Å². The number of methoxy groups -OCH3 is 2. The lowest BCUT2D eigenvalue weighted by Gasteiger charge is -2.31. The SMILES string of the molecule is COc1cc(/C=C/CN2CCCC(C(=O)c3cc(F)ccc3OC)C2)ccc1O. The largest absolute Gasteiger partial charge is 0.504 e. The van der Waals surface area contributed by atoms with Crippen LogP contribution in [0.1, 0.15) is 28.8 Å². The van der Waals surface area contributed by atoms with E-state index in [4.69, 9.17) is 9.47 Å². The Balaban J connectivity index is 1.63. The van der Waals surface area contributed by atoms with Gasteiger partial charge < -0.3 is 14.6 Å². The quantitative estimate of drug-likeness (QED) is 0.709. The molecule has 1 unspecified atom stereocenters. The number of ketones is 1. The minimum Gasteiger partial charge on any atom is -0.504 e. The Kier molecular flexibility index (Phi) is 6.88. The third kappa shape index (κ3) is 5.15. The topological polar surface area (TPSA) is 59.0 Å². The summed E-state index contributed by atoms with van der Waals surface area (Å²) in [6, 6.07) is 9.24. The highest BCUT2D eigenvalue weighted by molar-refractivity contribution is 6.00. The van der Waals surface area contributed by atoms with E-state index in [2.05, 4.69) is 4.90 Å². The number of phenolic OH excluding ortho intramolecular Hbond substituents is 1. The maximum atomic E-state index is 13.6. The van der Waals surface area contributed by atoms with Crippen molar-refractivity contribution in [3.63, 3.8) is 0 Å². The molecule has 1 N–H and O–H groups in total. The molecule has 0 bridgehead atoms. The summed E-state index contributed by atoms with van der Waals surface area (Å²) in [6.07, 6.45) is 5.69. The maximum absolute atomic E-state index is 13.6. The second-order valence-electron chi connectivity index (χ2n) is 7.14. The van der Waals surface area contributed by atoms with E-state index in [0.717, 1.165) is 24.9 Å². The first-order valence-electron chi connectivity index (χ1n) is 9.65. The summed E-state index contributed by atoms with van der Waals surface area (Å²) in [6.45, 7) is 2.24. The lowest BCUT2D eigenvalue weighted by Crippen LogP contribution is -2.38. The zero-order valence-electron chi connectivity index (χ0n) is 16.7. The summed E-state index contributed by atoms with van der Waals surface area (Å²) in [4.78, 5) is 15.2. The molecule has 1 aliphatic heterocycles. The number of piperidine rings is 1. The van der Waals surface area contributed by atoms with Crippen molar-refractivity contribution in [2.75, 3.05) is 33.9 Å². The van der Waals surface area contributed by atoms with Crippen molar-refractivity contribution in [3.05, 3.63) is 59.4 Å². The molecule has 5 nitrogen and oxygen atoms in total. The molecule has 1 aliphatic rings. The van der Waals surface area contributed by atoms with E-state index in [1.165, 1.54) is 32.4 Å². The van der Waals surface area contributed by atoms with E-state index in [0.29, 0.717) is 30.2 Å². The normalized spacial score (nSPS) is 17.4. The number of nitrogens with zero attached hydrogens (tertiary/aromatic N) is 1. The molecule has 0 radical (unpaired) electrons. The number of hydrogen-bond donors (Lipinski definition) is 1. The van der Waals surface area contributed by atoms with Crippen molar-refractivity contribution in [1.82, 2.24) is 4.90 Å². The molecule has 6 heteroatoms. The molecule has 2 aromatic rings. The van der Waals surface area contributed by atoms with E-state index in [9.17, 15) is 14.3 Å². The van der Waals surface area contributed by atoms with Gasteiger partial charge >= 0.3 is 0 Å². The van der Waals surface area contributed by atoms with Gasteiger partial charge in [0.15, 0.2) is 17.3 Å². The minimum atomic E-state index is -0.436.